The van der Waals surface area contributed by atoms with Crippen molar-refractivity contribution in [3.63, 3.8) is 0 Å². The second-order valence-corrected chi connectivity index (χ2v) is 6.83. The lowest BCUT2D eigenvalue weighted by Crippen LogP contribution is -2.25. The molecular formula is C20H20ClNO3. The van der Waals surface area contributed by atoms with Crippen LogP contribution in [0.3, 0.4) is 0 Å². The molecule has 0 radical (unpaired) electrons. The van der Waals surface area contributed by atoms with Gasteiger partial charge in [0.05, 0.1) is 5.92 Å². The lowest BCUT2D eigenvalue weighted by Gasteiger charge is -2.07. The van der Waals surface area contributed by atoms with Crippen LogP contribution < -0.4 is 10.1 Å². The van der Waals surface area contributed by atoms with Crippen LogP contribution in [0.5, 0.6) is 5.75 Å². The molecule has 130 valence electrons. The van der Waals surface area contributed by atoms with Crippen molar-refractivity contribution >= 4 is 23.5 Å². The van der Waals surface area contributed by atoms with Crippen LogP contribution in [-0.4, -0.2) is 18.4 Å². The summed E-state index contributed by atoms with van der Waals surface area (Å²) >= 11 is 5.81. The van der Waals surface area contributed by atoms with Crippen LogP contribution in [-0.2, 0) is 11.2 Å². The highest BCUT2D eigenvalue weighted by Gasteiger charge is 2.40. The van der Waals surface area contributed by atoms with Crippen LogP contribution in [0.15, 0.2) is 48.5 Å². The zero-order valence-corrected chi connectivity index (χ0v) is 14.8. The third-order valence-electron chi connectivity index (χ3n) is 4.36. The Morgan fingerprint density at radius 1 is 1.12 bits per heavy atom. The first-order valence-corrected chi connectivity index (χ1v) is 8.75. The molecule has 4 nitrogen and oxygen atoms in total. The fourth-order valence-corrected chi connectivity index (χ4v) is 2.72. The number of hydrogen-bond acceptors (Lipinski definition) is 3. The number of carbonyl (C=O) groups is 2. The van der Waals surface area contributed by atoms with Crippen LogP contribution in [0.25, 0.3) is 0 Å². The minimum Gasteiger partial charge on any atom is -0.426 e. The van der Waals surface area contributed by atoms with Crippen molar-refractivity contribution in [1.29, 1.82) is 0 Å². The van der Waals surface area contributed by atoms with Crippen molar-refractivity contribution in [2.75, 3.05) is 6.54 Å². The number of nitrogens with one attached hydrogen (secondary N) is 1. The third kappa shape index (κ3) is 4.83. The summed E-state index contributed by atoms with van der Waals surface area (Å²) in [6.07, 6.45) is 1.62. The van der Waals surface area contributed by atoms with Gasteiger partial charge in [-0.15, -0.1) is 0 Å². The molecular weight excluding hydrogens is 338 g/mol. The van der Waals surface area contributed by atoms with E-state index in [0.29, 0.717) is 35.2 Å². The van der Waals surface area contributed by atoms with Gasteiger partial charge in [0.1, 0.15) is 5.75 Å². The molecule has 2 aromatic rings. The molecule has 1 amide bonds. The first-order chi connectivity index (χ1) is 12.0. The average molecular weight is 358 g/mol. The van der Waals surface area contributed by atoms with Crippen LogP contribution in [0.2, 0.25) is 5.02 Å². The summed E-state index contributed by atoms with van der Waals surface area (Å²) in [6, 6.07) is 14.2. The van der Waals surface area contributed by atoms with Gasteiger partial charge in [-0.05, 0) is 60.7 Å². The van der Waals surface area contributed by atoms with Gasteiger partial charge in [-0.25, -0.2) is 0 Å². The maximum absolute atomic E-state index is 12.0. The Hall–Kier alpha value is -2.33. The average Bonchev–Trinajstić information content (AvgIpc) is 3.34. The SMILES string of the molecule is C[C@H]1C[C@@H]1C(=O)Oc1ccc(CCNC(=O)c2ccc(Cl)cc2)cc1. The smallest absolute Gasteiger partial charge is 0.314 e. The molecule has 0 bridgehead atoms. The van der Waals surface area contributed by atoms with Crippen molar-refractivity contribution < 1.29 is 14.3 Å². The largest absolute Gasteiger partial charge is 0.426 e. The normalized spacial score (nSPS) is 18.5. The lowest BCUT2D eigenvalue weighted by atomic mass is 10.1. The first kappa shape index (κ1) is 17.5. The van der Waals surface area contributed by atoms with E-state index >= 15 is 0 Å². The molecule has 1 fully saturated rings. The van der Waals surface area contributed by atoms with E-state index < -0.39 is 0 Å². The molecule has 0 unspecified atom stereocenters. The van der Waals surface area contributed by atoms with E-state index in [0.717, 1.165) is 12.0 Å². The highest BCUT2D eigenvalue weighted by molar-refractivity contribution is 6.30. The van der Waals surface area contributed by atoms with E-state index in [2.05, 4.69) is 5.32 Å². The van der Waals surface area contributed by atoms with Gasteiger partial charge in [0.25, 0.3) is 5.91 Å². The molecule has 0 aromatic heterocycles. The monoisotopic (exact) mass is 357 g/mol. The number of esters is 1. The van der Waals surface area contributed by atoms with Gasteiger partial charge < -0.3 is 10.1 Å². The van der Waals surface area contributed by atoms with Crippen molar-refractivity contribution in [3.05, 3.63) is 64.7 Å². The standard InChI is InChI=1S/C20H20ClNO3/c1-13-12-18(13)20(24)25-17-8-2-14(3-9-17)10-11-22-19(23)15-4-6-16(21)7-5-15/h2-9,13,18H,10-12H2,1H3,(H,22,23)/t13-,18-/m0/s1. The summed E-state index contributed by atoms with van der Waals surface area (Å²) in [7, 11) is 0. The third-order valence-corrected chi connectivity index (χ3v) is 4.61. The van der Waals surface area contributed by atoms with E-state index in [1.54, 1.807) is 36.4 Å². The van der Waals surface area contributed by atoms with E-state index in [1.165, 1.54) is 0 Å². The Morgan fingerprint density at radius 3 is 2.36 bits per heavy atom. The zero-order valence-electron chi connectivity index (χ0n) is 14.0. The Labute approximate surface area is 152 Å². The summed E-state index contributed by atoms with van der Waals surface area (Å²) in [5.74, 6) is 0.799. The predicted octanol–water partition coefficient (Wildman–Crippen LogP) is 3.87. The van der Waals surface area contributed by atoms with Gasteiger partial charge in [-0.3, -0.25) is 9.59 Å². The van der Waals surface area contributed by atoms with Gasteiger partial charge in [0, 0.05) is 17.1 Å². The number of halogens is 1. The summed E-state index contributed by atoms with van der Waals surface area (Å²) in [4.78, 5) is 23.8. The molecule has 0 heterocycles. The summed E-state index contributed by atoms with van der Waals surface area (Å²) < 4.78 is 5.35. The second kappa shape index (κ2) is 7.70. The van der Waals surface area contributed by atoms with E-state index in [-0.39, 0.29) is 17.8 Å². The van der Waals surface area contributed by atoms with Crippen molar-refractivity contribution in [3.8, 4) is 5.75 Å². The molecule has 1 aliphatic carbocycles. The minimum absolute atomic E-state index is 0.0581. The number of rotatable bonds is 6. The van der Waals surface area contributed by atoms with E-state index in [4.69, 9.17) is 16.3 Å². The fraction of sp³-hybridized carbons (Fsp3) is 0.300. The number of ether oxygens (including phenoxy) is 1. The number of carbonyl (C=O) groups excluding carboxylic acids is 2. The summed E-state index contributed by atoms with van der Waals surface area (Å²) in [6.45, 7) is 2.58. The first-order valence-electron chi connectivity index (χ1n) is 8.37. The second-order valence-electron chi connectivity index (χ2n) is 6.40. The van der Waals surface area contributed by atoms with E-state index in [9.17, 15) is 9.59 Å². The molecule has 0 saturated heterocycles. The number of amides is 1. The van der Waals surface area contributed by atoms with Crippen LogP contribution in [0.1, 0.15) is 29.3 Å². The van der Waals surface area contributed by atoms with Crippen molar-refractivity contribution in [2.45, 2.75) is 19.8 Å². The van der Waals surface area contributed by atoms with Gasteiger partial charge in [-0.1, -0.05) is 30.7 Å². The maximum Gasteiger partial charge on any atom is 0.314 e. The predicted molar refractivity (Wildman–Crippen MR) is 96.8 cm³/mol. The van der Waals surface area contributed by atoms with Crippen molar-refractivity contribution in [2.24, 2.45) is 11.8 Å². The molecule has 1 N–H and O–H groups in total. The highest BCUT2D eigenvalue weighted by atomic mass is 35.5. The fourth-order valence-electron chi connectivity index (χ4n) is 2.59. The Balaban J connectivity index is 1.44. The van der Waals surface area contributed by atoms with Crippen LogP contribution >= 0.6 is 11.6 Å². The number of hydrogen-bond donors (Lipinski definition) is 1. The zero-order chi connectivity index (χ0) is 17.8. The Bertz CT molecular complexity index is 756. The topological polar surface area (TPSA) is 55.4 Å². The quantitative estimate of drug-likeness (QED) is 0.630. The van der Waals surface area contributed by atoms with Crippen LogP contribution in [0.4, 0.5) is 0 Å². The van der Waals surface area contributed by atoms with Gasteiger partial charge in [0.2, 0.25) is 0 Å². The molecule has 2 aromatic carbocycles. The van der Waals surface area contributed by atoms with E-state index in [1.807, 2.05) is 19.1 Å². The van der Waals surface area contributed by atoms with Crippen molar-refractivity contribution in [1.82, 2.24) is 5.32 Å². The minimum atomic E-state index is -0.143. The molecule has 25 heavy (non-hydrogen) atoms. The molecule has 5 heteroatoms. The molecule has 3 rings (SSSR count). The van der Waals surface area contributed by atoms with Gasteiger partial charge in [-0.2, -0.15) is 0 Å². The molecule has 0 aliphatic heterocycles. The molecule has 1 aliphatic rings. The summed E-state index contributed by atoms with van der Waals surface area (Å²) in [5, 5.41) is 3.48. The molecule has 0 spiro atoms. The number of benzene rings is 2. The molecule has 2 atom stereocenters. The highest BCUT2D eigenvalue weighted by Crippen LogP contribution is 2.38. The Kier molecular flexibility index (Phi) is 5.39. The Morgan fingerprint density at radius 2 is 1.76 bits per heavy atom. The van der Waals surface area contributed by atoms with Crippen LogP contribution in [0, 0.1) is 11.8 Å². The van der Waals surface area contributed by atoms with Gasteiger partial charge >= 0.3 is 5.97 Å². The molecule has 1 saturated carbocycles. The maximum atomic E-state index is 12.0. The summed E-state index contributed by atoms with van der Waals surface area (Å²) in [5.41, 5.74) is 1.65. The van der Waals surface area contributed by atoms with Gasteiger partial charge in [0.15, 0.2) is 0 Å². The lowest BCUT2D eigenvalue weighted by molar-refractivity contribution is -0.136.